The van der Waals surface area contributed by atoms with Crippen LogP contribution >= 0.6 is 0 Å². The summed E-state index contributed by atoms with van der Waals surface area (Å²) in [4.78, 5) is 0. The van der Waals surface area contributed by atoms with Crippen LogP contribution in [0.2, 0.25) is 0 Å². The van der Waals surface area contributed by atoms with Gasteiger partial charge < -0.3 is 0 Å². The molecule has 0 N–H and O–H groups in total. The molecule has 4 saturated heterocycles. The van der Waals surface area contributed by atoms with Crippen LogP contribution in [-0.2, 0) is 18.9 Å². The third-order valence-electron chi connectivity index (χ3n) is 2.73. The number of halogens is 18. The first-order valence-electron chi connectivity index (χ1n) is 6.40. The smallest absolute Gasteiger partial charge is 0.263 e. The molecule has 192 valence electrons. The molecule has 0 aromatic heterocycles. The molecule has 0 atom stereocenters. The fourth-order valence-electron chi connectivity index (χ4n) is 0.883. The Balaban J connectivity index is 0.000000218. The van der Waals surface area contributed by atoms with E-state index in [-0.39, 0.29) is 0 Å². The monoisotopic (exact) mass is 530 g/mol. The Morgan fingerprint density at radius 2 is 0.438 bits per heavy atom. The average molecular weight is 530 g/mol. The van der Waals surface area contributed by atoms with E-state index in [9.17, 15) is 79.4 Å². The molecular weight excluding hydrogens is 530 g/mol. The highest BCUT2D eigenvalue weighted by atomic mass is 19.4. The van der Waals surface area contributed by atoms with Gasteiger partial charge in [0.25, 0.3) is 0 Å². The molecule has 4 rings (SSSR count). The van der Waals surface area contributed by atoms with Gasteiger partial charge in [-0.15, -0.1) is 0 Å². The number of hydrogen-bond acceptors (Lipinski definition) is 6. The molecule has 4 heterocycles. The third-order valence-corrected chi connectivity index (χ3v) is 2.73. The van der Waals surface area contributed by atoms with Gasteiger partial charge in [0, 0.05) is 0 Å². The molecule has 0 aromatic carbocycles. The topological polar surface area (TPSA) is 56.6 Å². The van der Waals surface area contributed by atoms with Gasteiger partial charge in [0.05, 0.1) is 10.7 Å². The van der Waals surface area contributed by atoms with Crippen molar-refractivity contribution >= 4 is 0 Å². The molecule has 0 spiro atoms. The van der Waals surface area contributed by atoms with E-state index in [2.05, 4.69) is 18.9 Å². The van der Waals surface area contributed by atoms with Gasteiger partial charge in [-0.1, -0.05) is 17.9 Å². The van der Waals surface area contributed by atoms with Gasteiger partial charge in [-0.05, 0) is 0 Å². The summed E-state index contributed by atoms with van der Waals surface area (Å²) in [5.74, 6) is -4.19. The van der Waals surface area contributed by atoms with Gasteiger partial charge in [-0.25, -0.2) is 14.2 Å². The van der Waals surface area contributed by atoms with Crippen LogP contribution in [0.3, 0.4) is 0 Å². The zero-order valence-corrected chi connectivity index (χ0v) is 13.3. The van der Waals surface area contributed by atoms with Gasteiger partial charge in [0.1, 0.15) is 0 Å². The van der Waals surface area contributed by atoms with Crippen molar-refractivity contribution in [3.05, 3.63) is 0 Å². The molecule has 0 bridgehead atoms. The maximum Gasteiger partial charge on any atom is 0.453 e. The summed E-state index contributed by atoms with van der Waals surface area (Å²) in [5.41, 5.74) is 0. The Morgan fingerprint density at radius 1 is 0.312 bits per heavy atom. The second-order valence-electron chi connectivity index (χ2n) is 5.10. The van der Waals surface area contributed by atoms with E-state index in [1.165, 1.54) is 0 Å². The number of ether oxygens (including phenoxy) is 4. The van der Waals surface area contributed by atoms with Crippen LogP contribution in [0.4, 0.5) is 79.4 Å². The Hall–Kier alpha value is -1.50. The molecule has 0 amide bonds. The molecule has 0 radical (unpaired) electrons. The maximum absolute atomic E-state index is 11.7. The van der Waals surface area contributed by atoms with Crippen molar-refractivity contribution in [3.8, 4) is 0 Å². The Kier molecular flexibility index (Phi) is 6.69. The molecule has 0 aromatic rings. The highest BCUT2D eigenvalue weighted by Gasteiger charge is 2.87. The van der Waals surface area contributed by atoms with Crippen molar-refractivity contribution < 1.29 is 98.3 Å². The first-order chi connectivity index (χ1) is 13.7. The summed E-state index contributed by atoms with van der Waals surface area (Å²) >= 11 is 0. The quantitative estimate of drug-likeness (QED) is 0.217. The molecule has 0 unspecified atom stereocenters. The maximum atomic E-state index is 11.7. The molecule has 0 saturated carbocycles. The molecule has 6 nitrogen and oxygen atoms in total. The van der Waals surface area contributed by atoms with Crippen LogP contribution in [-0.4, -0.2) is 59.3 Å². The lowest BCUT2D eigenvalue weighted by atomic mass is 10.6. The van der Waals surface area contributed by atoms with E-state index >= 15 is 0 Å². The van der Waals surface area contributed by atoms with Crippen LogP contribution in [0.25, 0.3) is 0 Å². The zero-order valence-electron chi connectivity index (χ0n) is 13.3. The SMILES string of the molecule is FC1(F)OC1(F)F.FC1(F)OC1(F)F.FC1(F)OC1(F)F.FN(F)C1(N(F)F)OC1(F)F. The number of rotatable bonds is 2. The number of hydrogen-bond donors (Lipinski definition) is 0. The molecule has 4 aliphatic heterocycles. The van der Waals surface area contributed by atoms with E-state index in [1.807, 2.05) is 0 Å². The van der Waals surface area contributed by atoms with Crippen molar-refractivity contribution in [2.75, 3.05) is 0 Å². The Morgan fingerprint density at radius 3 is 0.438 bits per heavy atom. The van der Waals surface area contributed by atoms with Gasteiger partial charge in [-0.2, -0.15) is 61.5 Å². The van der Waals surface area contributed by atoms with Crippen molar-refractivity contribution in [1.29, 1.82) is 0 Å². The van der Waals surface area contributed by atoms with Crippen molar-refractivity contribution in [2.45, 2.75) is 48.6 Å². The Labute approximate surface area is 159 Å². The molecule has 4 aliphatic rings. The number of epoxide rings is 4. The van der Waals surface area contributed by atoms with Gasteiger partial charge >= 0.3 is 48.6 Å². The molecule has 0 aliphatic carbocycles. The first-order valence-corrected chi connectivity index (χ1v) is 6.40. The minimum absolute atomic E-state index is 2.40. The highest BCUT2D eigenvalue weighted by Crippen LogP contribution is 2.56. The third kappa shape index (κ3) is 5.52. The highest BCUT2D eigenvalue weighted by molar-refractivity contribution is 4.92. The number of nitrogens with zero attached hydrogens (tertiary/aromatic N) is 2. The second-order valence-corrected chi connectivity index (χ2v) is 5.10. The van der Waals surface area contributed by atoms with E-state index in [0.29, 0.717) is 0 Å². The summed E-state index contributed by atoms with van der Waals surface area (Å²) in [7, 11) is 0. The lowest BCUT2D eigenvalue weighted by Gasteiger charge is -2.09. The Bertz CT molecular complexity index is 591. The first kappa shape index (κ1) is 28.5. The summed E-state index contributed by atoms with van der Waals surface area (Å²) in [5, 5.41) is -4.79. The van der Waals surface area contributed by atoms with Crippen LogP contribution in [0.1, 0.15) is 0 Å². The molecule has 4 fully saturated rings. The van der Waals surface area contributed by atoms with E-state index < -0.39 is 59.3 Å². The van der Waals surface area contributed by atoms with E-state index in [4.69, 9.17) is 0 Å². The summed E-state index contributed by atoms with van der Waals surface area (Å²) < 4.78 is 211. The summed E-state index contributed by atoms with van der Waals surface area (Å²) in [6.07, 6.45) is -29.7. The summed E-state index contributed by atoms with van der Waals surface area (Å²) in [6.45, 7) is 0. The lowest BCUT2D eigenvalue weighted by Crippen LogP contribution is -2.40. The predicted molar refractivity (Wildman–Crippen MR) is 49.8 cm³/mol. The van der Waals surface area contributed by atoms with Gasteiger partial charge in [0.2, 0.25) is 0 Å². The molecule has 24 heteroatoms. The molecule has 32 heavy (non-hydrogen) atoms. The van der Waals surface area contributed by atoms with Crippen LogP contribution < -0.4 is 0 Å². The van der Waals surface area contributed by atoms with Gasteiger partial charge in [-0.3, -0.25) is 4.74 Å². The van der Waals surface area contributed by atoms with Crippen LogP contribution in [0.5, 0.6) is 0 Å². The van der Waals surface area contributed by atoms with Crippen LogP contribution in [0.15, 0.2) is 0 Å². The minimum atomic E-state index is -4.54. The predicted octanol–water partition coefficient (Wildman–Crippen LogP) is 5.01. The lowest BCUT2D eigenvalue weighted by molar-refractivity contribution is -0.371. The minimum Gasteiger partial charge on any atom is -0.263 e. The van der Waals surface area contributed by atoms with E-state index in [1.54, 1.807) is 0 Å². The summed E-state index contributed by atoms with van der Waals surface area (Å²) in [6, 6.07) is 0. The second kappa shape index (κ2) is 7.51. The van der Waals surface area contributed by atoms with Crippen LogP contribution in [0, 0.1) is 0 Å². The van der Waals surface area contributed by atoms with Crippen molar-refractivity contribution in [3.63, 3.8) is 0 Å². The molecular formula is C8F18N2O4. The largest absolute Gasteiger partial charge is 0.453 e. The zero-order chi connectivity index (χ0) is 26.0. The van der Waals surface area contributed by atoms with Gasteiger partial charge in [0.15, 0.2) is 0 Å². The normalized spacial score (nSPS) is 30.4. The van der Waals surface area contributed by atoms with E-state index in [0.717, 1.165) is 0 Å². The number of alkyl halides is 14. The van der Waals surface area contributed by atoms with Crippen molar-refractivity contribution in [2.24, 2.45) is 0 Å². The standard InChI is InChI=1S/C2F6N2O.3C2F4O/c3-1(4)2(11-1,9(5)6)10(7)8;3*3-1(4)2(5,6)7-1. The average Bonchev–Trinajstić information content (AvgIpc) is 3.40. The fourth-order valence-corrected chi connectivity index (χ4v) is 0.883. The van der Waals surface area contributed by atoms with Crippen molar-refractivity contribution in [1.82, 2.24) is 10.7 Å². The fraction of sp³-hybridized carbons (Fsp3) is 1.00.